The van der Waals surface area contributed by atoms with Crippen LogP contribution in [0.2, 0.25) is 0 Å². The molecular weight excluding hydrogens is 406 g/mol. The maximum absolute atomic E-state index is 13.4. The summed E-state index contributed by atoms with van der Waals surface area (Å²) in [5.74, 6) is 0.690. The lowest BCUT2D eigenvalue weighted by atomic mass is 10.0. The van der Waals surface area contributed by atoms with Crippen LogP contribution in [0.3, 0.4) is 0 Å². The van der Waals surface area contributed by atoms with Crippen LogP contribution in [0.5, 0.6) is 0 Å². The zero-order chi connectivity index (χ0) is 21.2. The maximum Gasteiger partial charge on any atom is 0.277 e. The second-order valence-corrected chi connectivity index (χ2v) is 8.04. The molecule has 2 heterocycles. The van der Waals surface area contributed by atoms with Gasteiger partial charge in [-0.05, 0) is 23.8 Å². The normalized spacial score (nSPS) is 11.1. The molecule has 0 aliphatic carbocycles. The number of rotatable bonds is 6. The average Bonchev–Trinajstić information content (AvgIpc) is 3.42. The Balaban J connectivity index is 1.46. The fourth-order valence-corrected chi connectivity index (χ4v) is 4.41. The number of carbonyl (C=O) groups is 1. The summed E-state index contributed by atoms with van der Waals surface area (Å²) >= 11 is 1.26. The highest BCUT2D eigenvalue weighted by molar-refractivity contribution is 7.99. The molecule has 0 atom stereocenters. The van der Waals surface area contributed by atoms with Crippen molar-refractivity contribution in [2.45, 2.75) is 5.22 Å². The number of thioether (sulfide) groups is 1. The molecule has 0 aliphatic rings. The summed E-state index contributed by atoms with van der Waals surface area (Å²) in [5.41, 5.74) is 4.54. The van der Waals surface area contributed by atoms with Gasteiger partial charge in [-0.3, -0.25) is 4.79 Å². The molecule has 2 aromatic heterocycles. The minimum atomic E-state index is 0.0279. The Kier molecular flexibility index (Phi) is 5.14. The lowest BCUT2D eigenvalue weighted by Gasteiger charge is -2.07. The highest BCUT2D eigenvalue weighted by atomic mass is 32.2. The molecule has 0 N–H and O–H groups in total. The molecule has 0 radical (unpaired) electrons. The predicted octanol–water partition coefficient (Wildman–Crippen LogP) is 5.87. The first-order chi connectivity index (χ1) is 15.2. The van der Waals surface area contributed by atoms with Gasteiger partial charge in [0.1, 0.15) is 0 Å². The van der Waals surface area contributed by atoms with Crippen molar-refractivity contribution in [2.75, 3.05) is 5.75 Å². The van der Waals surface area contributed by atoms with Crippen molar-refractivity contribution in [1.29, 1.82) is 0 Å². The van der Waals surface area contributed by atoms with Gasteiger partial charge in [0.25, 0.3) is 5.22 Å². The Morgan fingerprint density at radius 2 is 1.52 bits per heavy atom. The summed E-state index contributed by atoms with van der Waals surface area (Å²) in [6, 6.07) is 27.6. The van der Waals surface area contributed by atoms with Gasteiger partial charge in [-0.2, -0.15) is 0 Å². The molecule has 0 saturated heterocycles. The van der Waals surface area contributed by atoms with Crippen LogP contribution in [0.1, 0.15) is 10.4 Å². The highest BCUT2D eigenvalue weighted by Crippen LogP contribution is 2.34. The lowest BCUT2D eigenvalue weighted by Crippen LogP contribution is -2.05. The second kappa shape index (κ2) is 8.24. The van der Waals surface area contributed by atoms with Crippen molar-refractivity contribution < 1.29 is 9.21 Å². The number of hydrogen-bond donors (Lipinski definition) is 0. The van der Waals surface area contributed by atoms with Crippen molar-refractivity contribution in [3.63, 3.8) is 0 Å². The van der Waals surface area contributed by atoms with Crippen molar-refractivity contribution in [1.82, 2.24) is 14.8 Å². The van der Waals surface area contributed by atoms with Gasteiger partial charge in [0.05, 0.1) is 17.0 Å². The van der Waals surface area contributed by atoms with E-state index >= 15 is 0 Å². The lowest BCUT2D eigenvalue weighted by molar-refractivity contribution is 0.102. The molecule has 31 heavy (non-hydrogen) atoms. The van der Waals surface area contributed by atoms with E-state index in [1.807, 2.05) is 92.0 Å². The van der Waals surface area contributed by atoms with Crippen LogP contribution in [0.4, 0.5) is 0 Å². The SMILES string of the molecule is Cn1c(-c2ccccc2)c(C(=O)CSc2nnc(-c3ccccc3)o2)c2ccccc21. The molecule has 5 aromatic rings. The van der Waals surface area contributed by atoms with E-state index in [9.17, 15) is 4.79 Å². The van der Waals surface area contributed by atoms with Crippen LogP contribution in [0.25, 0.3) is 33.6 Å². The Morgan fingerprint density at radius 3 is 2.26 bits per heavy atom. The van der Waals surface area contributed by atoms with Crippen molar-refractivity contribution in [3.8, 4) is 22.7 Å². The first kappa shape index (κ1) is 19.3. The molecule has 5 rings (SSSR count). The molecule has 0 fully saturated rings. The molecule has 0 amide bonds. The van der Waals surface area contributed by atoms with Gasteiger partial charge in [-0.1, -0.05) is 78.5 Å². The van der Waals surface area contributed by atoms with Gasteiger partial charge in [-0.25, -0.2) is 0 Å². The molecule has 3 aromatic carbocycles. The zero-order valence-electron chi connectivity index (χ0n) is 16.9. The van der Waals surface area contributed by atoms with Gasteiger partial charge >= 0.3 is 0 Å². The summed E-state index contributed by atoms with van der Waals surface area (Å²) < 4.78 is 7.83. The molecule has 6 heteroatoms. The number of aryl methyl sites for hydroxylation is 1. The van der Waals surface area contributed by atoms with E-state index in [0.29, 0.717) is 11.1 Å². The second-order valence-electron chi connectivity index (χ2n) is 7.12. The van der Waals surface area contributed by atoms with Gasteiger partial charge in [-0.15, -0.1) is 10.2 Å². The third-order valence-corrected chi connectivity index (χ3v) is 6.01. The molecular formula is C25H19N3O2S. The topological polar surface area (TPSA) is 60.9 Å². The van der Waals surface area contributed by atoms with Crippen LogP contribution >= 0.6 is 11.8 Å². The molecule has 0 spiro atoms. The number of fused-ring (bicyclic) bond motifs is 1. The first-order valence-electron chi connectivity index (χ1n) is 9.90. The summed E-state index contributed by atoms with van der Waals surface area (Å²) in [7, 11) is 2.00. The minimum Gasteiger partial charge on any atom is -0.411 e. The average molecular weight is 426 g/mol. The fourth-order valence-electron chi connectivity index (χ4n) is 3.77. The first-order valence-corrected chi connectivity index (χ1v) is 10.9. The molecule has 0 bridgehead atoms. The number of para-hydroxylation sites is 1. The molecule has 0 unspecified atom stereocenters. The smallest absolute Gasteiger partial charge is 0.277 e. The summed E-state index contributed by atoms with van der Waals surface area (Å²) in [4.78, 5) is 13.4. The molecule has 0 aliphatic heterocycles. The Hall–Kier alpha value is -3.64. The van der Waals surface area contributed by atoms with E-state index in [-0.39, 0.29) is 11.5 Å². The van der Waals surface area contributed by atoms with E-state index in [1.165, 1.54) is 11.8 Å². The van der Waals surface area contributed by atoms with Gasteiger partial charge in [0.15, 0.2) is 5.78 Å². The number of nitrogens with zero attached hydrogens (tertiary/aromatic N) is 3. The Morgan fingerprint density at radius 1 is 0.871 bits per heavy atom. The van der Waals surface area contributed by atoms with Gasteiger partial charge < -0.3 is 8.98 Å². The fraction of sp³-hybridized carbons (Fsp3) is 0.0800. The predicted molar refractivity (Wildman–Crippen MR) is 123 cm³/mol. The Labute approximate surface area is 183 Å². The zero-order valence-corrected chi connectivity index (χ0v) is 17.7. The number of benzene rings is 3. The number of ketones is 1. The maximum atomic E-state index is 13.4. The summed E-state index contributed by atoms with van der Waals surface area (Å²) in [6.45, 7) is 0. The van der Waals surface area contributed by atoms with E-state index < -0.39 is 0 Å². The molecule has 152 valence electrons. The van der Waals surface area contributed by atoms with Crippen LogP contribution < -0.4 is 0 Å². The van der Waals surface area contributed by atoms with Crippen molar-refractivity contribution >= 4 is 28.4 Å². The third kappa shape index (κ3) is 3.66. The van der Waals surface area contributed by atoms with Crippen LogP contribution in [-0.4, -0.2) is 26.3 Å². The monoisotopic (exact) mass is 425 g/mol. The molecule has 5 nitrogen and oxygen atoms in total. The number of aromatic nitrogens is 3. The highest BCUT2D eigenvalue weighted by Gasteiger charge is 2.23. The third-order valence-electron chi connectivity index (χ3n) is 5.19. The number of carbonyl (C=O) groups excluding carboxylic acids is 1. The van der Waals surface area contributed by atoms with Crippen molar-refractivity contribution in [2.24, 2.45) is 7.05 Å². The van der Waals surface area contributed by atoms with E-state index in [2.05, 4.69) is 14.8 Å². The van der Waals surface area contributed by atoms with Crippen LogP contribution in [0.15, 0.2) is 94.6 Å². The van der Waals surface area contributed by atoms with Crippen LogP contribution in [0, 0.1) is 0 Å². The number of hydrogen-bond acceptors (Lipinski definition) is 5. The van der Waals surface area contributed by atoms with E-state index in [4.69, 9.17) is 4.42 Å². The quantitative estimate of drug-likeness (QED) is 0.251. The van der Waals surface area contributed by atoms with E-state index in [0.717, 1.165) is 33.3 Å². The molecule has 0 saturated carbocycles. The Bertz CT molecular complexity index is 1360. The summed E-state index contributed by atoms with van der Waals surface area (Å²) in [5, 5.41) is 9.53. The van der Waals surface area contributed by atoms with Gasteiger partial charge in [0, 0.05) is 23.5 Å². The minimum absolute atomic E-state index is 0.0279. The largest absolute Gasteiger partial charge is 0.411 e. The van der Waals surface area contributed by atoms with E-state index in [1.54, 1.807) is 0 Å². The standard InChI is InChI=1S/C25H19N3O2S/c1-28-20-15-9-8-14-19(20)22(23(28)17-10-4-2-5-11-17)21(29)16-31-25-27-26-24(30-25)18-12-6-3-7-13-18/h2-15H,16H2,1H3. The number of Topliss-reactive ketones (excluding diaryl/α,β-unsaturated/α-hetero) is 1. The summed E-state index contributed by atoms with van der Waals surface area (Å²) in [6.07, 6.45) is 0. The van der Waals surface area contributed by atoms with Gasteiger partial charge in [0.2, 0.25) is 5.89 Å². The van der Waals surface area contributed by atoms with Crippen LogP contribution in [-0.2, 0) is 7.05 Å². The van der Waals surface area contributed by atoms with Crippen molar-refractivity contribution in [3.05, 3.63) is 90.5 Å².